The third kappa shape index (κ3) is 2.64. The number of carbonyl (C=O) groups is 1. The molecule has 3 rings (SSSR count). The van der Waals surface area contributed by atoms with Gasteiger partial charge in [0, 0.05) is 11.6 Å². The van der Waals surface area contributed by atoms with Gasteiger partial charge in [0.1, 0.15) is 0 Å². The van der Waals surface area contributed by atoms with E-state index in [1.54, 1.807) is 0 Å². The molecule has 6 atom stereocenters. The van der Waals surface area contributed by atoms with Gasteiger partial charge in [-0.05, 0) is 61.7 Å². The highest BCUT2D eigenvalue weighted by molar-refractivity contribution is 5.85. The Hall–Kier alpha value is -1.13. The summed E-state index contributed by atoms with van der Waals surface area (Å²) in [5, 5.41) is 20.6. The first kappa shape index (κ1) is 17.7. The zero-order valence-corrected chi connectivity index (χ0v) is 15.2. The van der Waals surface area contributed by atoms with Crippen LogP contribution in [0.3, 0.4) is 0 Å². The molecular weight excluding hydrogens is 304 g/mol. The topological polar surface area (TPSA) is 66.8 Å². The van der Waals surface area contributed by atoms with Crippen LogP contribution in [0.25, 0.3) is 0 Å². The molecule has 4 nitrogen and oxygen atoms in total. The van der Waals surface area contributed by atoms with Crippen molar-refractivity contribution >= 4 is 5.97 Å². The van der Waals surface area contributed by atoms with E-state index in [2.05, 4.69) is 33.8 Å². The summed E-state index contributed by atoms with van der Waals surface area (Å²) in [5.74, 6) is 0.427. The monoisotopic (exact) mass is 334 g/mol. The maximum Gasteiger partial charge on any atom is 0.333 e. The minimum absolute atomic E-state index is 0.0336. The average Bonchev–Trinajstić information content (AvgIpc) is 2.85. The molecule has 4 heteroatoms. The Morgan fingerprint density at radius 2 is 2.08 bits per heavy atom. The second-order valence-electron chi connectivity index (χ2n) is 8.53. The van der Waals surface area contributed by atoms with Gasteiger partial charge in [0.15, 0.2) is 0 Å². The molecule has 0 aromatic rings. The molecule has 0 aromatic carbocycles. The summed E-state index contributed by atoms with van der Waals surface area (Å²) >= 11 is 0. The zero-order valence-electron chi connectivity index (χ0n) is 15.2. The number of aliphatic hydroxyl groups is 2. The Bertz CT molecular complexity index is 592. The van der Waals surface area contributed by atoms with Crippen LogP contribution in [0, 0.1) is 22.7 Å². The maximum absolute atomic E-state index is 11.3. The van der Waals surface area contributed by atoms with Gasteiger partial charge in [0.2, 0.25) is 6.29 Å². The SMILES string of the molecule is CC1=CCC[C@@H]2[C@@](C)(C[C@H](O)C3=CC(=O)OC3O)[C@H](C)CC[C@@]12C. The Morgan fingerprint density at radius 3 is 2.71 bits per heavy atom. The predicted molar refractivity (Wildman–Crippen MR) is 91.9 cm³/mol. The van der Waals surface area contributed by atoms with Crippen molar-refractivity contribution in [3.05, 3.63) is 23.3 Å². The second kappa shape index (κ2) is 5.99. The third-order valence-corrected chi connectivity index (χ3v) is 7.41. The molecule has 0 saturated heterocycles. The lowest BCUT2D eigenvalue weighted by Crippen LogP contribution is -2.51. The van der Waals surface area contributed by atoms with Crippen molar-refractivity contribution < 1.29 is 19.7 Å². The van der Waals surface area contributed by atoms with Gasteiger partial charge in [-0.25, -0.2) is 4.79 Å². The first-order valence-electron chi connectivity index (χ1n) is 9.14. The molecule has 0 amide bonds. The Labute approximate surface area is 144 Å². The molecule has 134 valence electrons. The summed E-state index contributed by atoms with van der Waals surface area (Å²) in [6.45, 7) is 9.18. The van der Waals surface area contributed by atoms with E-state index in [0.29, 0.717) is 23.8 Å². The van der Waals surface area contributed by atoms with Crippen LogP contribution in [0.5, 0.6) is 0 Å². The second-order valence-corrected chi connectivity index (χ2v) is 8.53. The molecule has 1 unspecified atom stereocenters. The number of allylic oxidation sites excluding steroid dienone is 2. The number of fused-ring (bicyclic) bond motifs is 1. The summed E-state index contributed by atoms with van der Waals surface area (Å²) in [6.07, 6.45) is 6.60. The van der Waals surface area contributed by atoms with E-state index in [4.69, 9.17) is 4.74 Å². The van der Waals surface area contributed by atoms with Gasteiger partial charge in [0.05, 0.1) is 6.10 Å². The zero-order chi connectivity index (χ0) is 17.7. The van der Waals surface area contributed by atoms with Crippen LogP contribution < -0.4 is 0 Å². The van der Waals surface area contributed by atoms with Crippen molar-refractivity contribution in [1.29, 1.82) is 0 Å². The van der Waals surface area contributed by atoms with E-state index in [1.165, 1.54) is 18.1 Å². The third-order valence-electron chi connectivity index (χ3n) is 7.41. The van der Waals surface area contributed by atoms with Crippen LogP contribution in [0.1, 0.15) is 59.8 Å². The fourth-order valence-corrected chi connectivity index (χ4v) is 5.47. The molecule has 1 fully saturated rings. The lowest BCUT2D eigenvalue weighted by atomic mass is 9.46. The van der Waals surface area contributed by atoms with Gasteiger partial charge >= 0.3 is 5.97 Å². The van der Waals surface area contributed by atoms with Gasteiger partial charge in [0.25, 0.3) is 0 Å². The molecule has 0 radical (unpaired) electrons. The molecule has 0 spiro atoms. The van der Waals surface area contributed by atoms with Gasteiger partial charge in [-0.15, -0.1) is 0 Å². The molecule has 0 aromatic heterocycles. The number of cyclic esters (lactones) is 1. The number of ether oxygens (including phenoxy) is 1. The van der Waals surface area contributed by atoms with Gasteiger partial charge in [-0.3, -0.25) is 0 Å². The van der Waals surface area contributed by atoms with Crippen LogP contribution in [0.4, 0.5) is 0 Å². The Balaban J connectivity index is 1.88. The number of rotatable bonds is 3. The van der Waals surface area contributed by atoms with E-state index in [0.717, 1.165) is 19.3 Å². The van der Waals surface area contributed by atoms with Gasteiger partial charge < -0.3 is 14.9 Å². The number of carbonyl (C=O) groups excluding carboxylic acids is 1. The van der Waals surface area contributed by atoms with Crippen LogP contribution in [-0.4, -0.2) is 28.6 Å². The van der Waals surface area contributed by atoms with E-state index in [9.17, 15) is 15.0 Å². The van der Waals surface area contributed by atoms with Crippen molar-refractivity contribution in [3.63, 3.8) is 0 Å². The minimum atomic E-state index is -1.30. The first-order chi connectivity index (χ1) is 11.2. The number of aliphatic hydroxyl groups excluding tert-OH is 2. The molecular formula is C20H30O4. The molecule has 24 heavy (non-hydrogen) atoms. The van der Waals surface area contributed by atoms with Crippen molar-refractivity contribution in [2.24, 2.45) is 22.7 Å². The lowest BCUT2D eigenvalue weighted by Gasteiger charge is -2.58. The Morgan fingerprint density at radius 1 is 1.38 bits per heavy atom. The van der Waals surface area contributed by atoms with E-state index >= 15 is 0 Å². The molecule has 1 aliphatic heterocycles. The fourth-order valence-electron chi connectivity index (χ4n) is 5.47. The first-order valence-corrected chi connectivity index (χ1v) is 9.14. The lowest BCUT2D eigenvalue weighted by molar-refractivity contribution is -0.152. The maximum atomic E-state index is 11.3. The van der Waals surface area contributed by atoms with Crippen molar-refractivity contribution in [1.82, 2.24) is 0 Å². The molecule has 0 bridgehead atoms. The number of esters is 1. The van der Waals surface area contributed by atoms with E-state index in [1.807, 2.05) is 0 Å². The summed E-state index contributed by atoms with van der Waals surface area (Å²) in [5.41, 5.74) is 1.94. The summed E-state index contributed by atoms with van der Waals surface area (Å²) in [6, 6.07) is 0. The highest BCUT2D eigenvalue weighted by Crippen LogP contribution is 2.62. The molecule has 1 heterocycles. The molecule has 2 N–H and O–H groups in total. The molecule has 2 aliphatic carbocycles. The Kier molecular flexibility index (Phi) is 4.42. The predicted octanol–water partition coefficient (Wildman–Crippen LogP) is 3.34. The molecule has 3 aliphatic rings. The van der Waals surface area contributed by atoms with Crippen LogP contribution in [0.15, 0.2) is 23.3 Å². The van der Waals surface area contributed by atoms with Crippen LogP contribution >= 0.6 is 0 Å². The summed E-state index contributed by atoms with van der Waals surface area (Å²) < 4.78 is 4.74. The van der Waals surface area contributed by atoms with Crippen LogP contribution in [-0.2, 0) is 9.53 Å². The van der Waals surface area contributed by atoms with Gasteiger partial charge in [-0.2, -0.15) is 0 Å². The van der Waals surface area contributed by atoms with E-state index in [-0.39, 0.29) is 10.8 Å². The quantitative estimate of drug-likeness (QED) is 0.614. The normalized spacial score (nSPS) is 43.6. The average molecular weight is 334 g/mol. The number of hydrogen-bond acceptors (Lipinski definition) is 4. The number of hydrogen-bond donors (Lipinski definition) is 2. The summed E-state index contributed by atoms with van der Waals surface area (Å²) in [7, 11) is 0. The fraction of sp³-hybridized carbons (Fsp3) is 0.750. The highest BCUT2D eigenvalue weighted by Gasteiger charge is 2.54. The van der Waals surface area contributed by atoms with Crippen LogP contribution in [0.2, 0.25) is 0 Å². The minimum Gasteiger partial charge on any atom is -0.429 e. The highest BCUT2D eigenvalue weighted by atomic mass is 16.6. The van der Waals surface area contributed by atoms with Crippen molar-refractivity contribution in [2.45, 2.75) is 72.2 Å². The van der Waals surface area contributed by atoms with Gasteiger partial charge in [-0.1, -0.05) is 32.4 Å². The molecule has 1 saturated carbocycles. The smallest absolute Gasteiger partial charge is 0.333 e. The largest absolute Gasteiger partial charge is 0.429 e. The van der Waals surface area contributed by atoms with E-state index < -0.39 is 18.4 Å². The standard InChI is InChI=1S/C20H30O4/c1-12-6-5-7-16-19(12,3)9-8-13(2)20(16,4)11-15(21)14-10-17(22)24-18(14)23/h6,10,13,15-16,18,21,23H,5,7-9,11H2,1-4H3/t13-,15+,16+,18?,19+,20+/m1/s1. The summed E-state index contributed by atoms with van der Waals surface area (Å²) in [4.78, 5) is 11.3. The van der Waals surface area contributed by atoms with Crippen molar-refractivity contribution in [3.8, 4) is 0 Å². The van der Waals surface area contributed by atoms with Crippen molar-refractivity contribution in [2.75, 3.05) is 0 Å².